The third-order valence-corrected chi connectivity index (χ3v) is 4.96. The Bertz CT molecular complexity index is 732. The Morgan fingerprint density at radius 1 is 1.37 bits per heavy atom. The van der Waals surface area contributed by atoms with Gasteiger partial charge in [0.1, 0.15) is 17.2 Å². The van der Waals surface area contributed by atoms with Gasteiger partial charge in [0.2, 0.25) is 5.89 Å². The summed E-state index contributed by atoms with van der Waals surface area (Å²) in [7, 11) is 5.36. The summed E-state index contributed by atoms with van der Waals surface area (Å²) >= 11 is 1.59. The van der Waals surface area contributed by atoms with Crippen molar-refractivity contribution in [2.75, 3.05) is 27.8 Å². The molecule has 2 aromatic heterocycles. The van der Waals surface area contributed by atoms with Gasteiger partial charge in [0, 0.05) is 33.2 Å². The molecule has 2 aromatic rings. The van der Waals surface area contributed by atoms with Gasteiger partial charge in [0.25, 0.3) is 0 Å². The van der Waals surface area contributed by atoms with Crippen LogP contribution in [0.25, 0.3) is 0 Å². The van der Waals surface area contributed by atoms with Crippen LogP contribution in [0.15, 0.2) is 14.9 Å². The molecule has 0 spiro atoms. The van der Waals surface area contributed by atoms with Gasteiger partial charge in [-0.2, -0.15) is 4.98 Å². The van der Waals surface area contributed by atoms with Crippen molar-refractivity contribution in [2.45, 2.75) is 46.1 Å². The van der Waals surface area contributed by atoms with E-state index < -0.39 is 0 Å². The molecule has 9 nitrogen and oxygen atoms in total. The van der Waals surface area contributed by atoms with Gasteiger partial charge in [0.05, 0.1) is 18.8 Å². The van der Waals surface area contributed by atoms with E-state index in [1.807, 2.05) is 38.1 Å². The van der Waals surface area contributed by atoms with Crippen LogP contribution < -0.4 is 5.32 Å². The molecule has 0 fully saturated rings. The van der Waals surface area contributed by atoms with E-state index in [0.29, 0.717) is 37.4 Å². The Balaban J connectivity index is 1.90. The Morgan fingerprint density at radius 2 is 2.15 bits per heavy atom. The number of ether oxygens (including phenoxy) is 2. The topological polar surface area (TPSA) is 97.9 Å². The fourth-order valence-electron chi connectivity index (χ4n) is 2.37. The average molecular weight is 397 g/mol. The summed E-state index contributed by atoms with van der Waals surface area (Å²) in [5, 5.41) is 10.2. The van der Waals surface area contributed by atoms with Gasteiger partial charge in [0.15, 0.2) is 11.8 Å². The average Bonchev–Trinajstić information content (AvgIpc) is 3.31. The maximum Gasteiger partial charge on any atom is 0.246 e. The van der Waals surface area contributed by atoms with Crippen molar-refractivity contribution in [2.24, 2.45) is 4.99 Å². The number of nitrogens with zero attached hydrogens (tertiary/aromatic N) is 5. The maximum absolute atomic E-state index is 5.47. The molecule has 2 heterocycles. The molecular weight excluding hydrogens is 368 g/mol. The largest absolute Gasteiger partial charge is 0.375 e. The van der Waals surface area contributed by atoms with Gasteiger partial charge >= 0.3 is 0 Å². The second-order valence-electron chi connectivity index (χ2n) is 5.96. The summed E-state index contributed by atoms with van der Waals surface area (Å²) in [5.74, 6) is 1.73. The predicted octanol–water partition coefficient (Wildman–Crippen LogP) is 2.54. The van der Waals surface area contributed by atoms with E-state index in [1.165, 1.54) is 0 Å². The number of aliphatic imine (C=N–C) groups is 1. The molecule has 0 aliphatic rings. The predicted molar refractivity (Wildman–Crippen MR) is 104 cm³/mol. The lowest BCUT2D eigenvalue weighted by Crippen LogP contribution is -2.38. The first-order valence-corrected chi connectivity index (χ1v) is 9.69. The van der Waals surface area contributed by atoms with Crippen molar-refractivity contribution in [1.29, 1.82) is 0 Å². The number of hydrogen-bond donors (Lipinski definition) is 1. The minimum absolute atomic E-state index is 0.00250. The Hall–Kier alpha value is -2.04. The minimum Gasteiger partial charge on any atom is -0.375 e. The fourth-order valence-corrected chi connectivity index (χ4v) is 3.21. The van der Waals surface area contributed by atoms with Crippen LogP contribution in [0, 0.1) is 0 Å². The third-order valence-electron chi connectivity index (χ3n) is 3.91. The van der Waals surface area contributed by atoms with Crippen LogP contribution in [0.2, 0.25) is 0 Å². The Labute approximate surface area is 163 Å². The highest BCUT2D eigenvalue weighted by Crippen LogP contribution is 2.21. The zero-order valence-corrected chi connectivity index (χ0v) is 17.5. The molecule has 2 rings (SSSR count). The molecule has 0 radical (unpaired) electrons. The van der Waals surface area contributed by atoms with Crippen molar-refractivity contribution in [3.8, 4) is 0 Å². The second kappa shape index (κ2) is 10.3. The monoisotopic (exact) mass is 396 g/mol. The first-order chi connectivity index (χ1) is 13.0. The van der Waals surface area contributed by atoms with E-state index in [1.54, 1.807) is 25.5 Å². The highest BCUT2D eigenvalue weighted by atomic mass is 32.1. The van der Waals surface area contributed by atoms with Crippen molar-refractivity contribution in [3.05, 3.63) is 27.8 Å². The normalized spacial score (nSPS) is 14.2. The fraction of sp³-hybridized carbons (Fsp3) is 0.647. The molecular formula is C17H28N6O3S. The standard InChI is InChI=1S/C17H28N6O3S/c1-7-25-11(2)15-21-14(26-22-15)8-19-17(18-4)23(5)9-13-10-27-16(20-13)12(3)24-6/h10-12H,7-9H2,1-6H3,(H,18,19). The first kappa shape index (κ1) is 21.3. The highest BCUT2D eigenvalue weighted by Gasteiger charge is 2.16. The molecule has 27 heavy (non-hydrogen) atoms. The number of rotatable bonds is 9. The van der Waals surface area contributed by atoms with Crippen molar-refractivity contribution in [3.63, 3.8) is 0 Å². The summed E-state index contributed by atoms with van der Waals surface area (Å²) < 4.78 is 16.0. The van der Waals surface area contributed by atoms with E-state index in [-0.39, 0.29) is 12.2 Å². The first-order valence-electron chi connectivity index (χ1n) is 8.81. The van der Waals surface area contributed by atoms with Crippen molar-refractivity contribution in [1.82, 2.24) is 25.3 Å². The molecule has 2 atom stereocenters. The Morgan fingerprint density at radius 3 is 2.81 bits per heavy atom. The van der Waals surface area contributed by atoms with Crippen molar-refractivity contribution >= 4 is 17.3 Å². The van der Waals surface area contributed by atoms with E-state index >= 15 is 0 Å². The van der Waals surface area contributed by atoms with Gasteiger partial charge in [-0.05, 0) is 20.8 Å². The molecule has 0 aliphatic carbocycles. The van der Waals surface area contributed by atoms with Crippen LogP contribution in [-0.4, -0.2) is 53.8 Å². The summed E-state index contributed by atoms with van der Waals surface area (Å²) in [6.07, 6.45) is -0.194. The highest BCUT2D eigenvalue weighted by molar-refractivity contribution is 7.09. The smallest absolute Gasteiger partial charge is 0.246 e. The van der Waals surface area contributed by atoms with Gasteiger partial charge in [-0.1, -0.05) is 5.16 Å². The molecule has 0 bridgehead atoms. The maximum atomic E-state index is 5.47. The lowest BCUT2D eigenvalue weighted by molar-refractivity contribution is 0.0683. The van der Waals surface area contributed by atoms with E-state index in [9.17, 15) is 0 Å². The van der Waals surface area contributed by atoms with E-state index in [0.717, 1.165) is 10.7 Å². The molecule has 0 saturated carbocycles. The molecule has 1 N–H and O–H groups in total. The number of hydrogen-bond acceptors (Lipinski definition) is 8. The SMILES string of the molecule is CCOC(C)c1noc(CNC(=NC)N(C)Cc2csc(C(C)OC)n2)n1. The van der Waals surface area contributed by atoms with Crippen LogP contribution in [-0.2, 0) is 22.6 Å². The number of aromatic nitrogens is 3. The number of guanidine groups is 1. The minimum atomic E-state index is -0.192. The molecule has 2 unspecified atom stereocenters. The Kier molecular flexibility index (Phi) is 8.14. The molecule has 150 valence electrons. The summed E-state index contributed by atoms with van der Waals surface area (Å²) in [6, 6.07) is 0. The van der Waals surface area contributed by atoms with Crippen LogP contribution in [0.4, 0.5) is 0 Å². The van der Waals surface area contributed by atoms with Gasteiger partial charge in [-0.3, -0.25) is 4.99 Å². The van der Waals surface area contributed by atoms with Crippen LogP contribution in [0.1, 0.15) is 55.4 Å². The van der Waals surface area contributed by atoms with Gasteiger partial charge < -0.3 is 24.2 Å². The summed E-state index contributed by atoms with van der Waals surface area (Å²) in [5.41, 5.74) is 0.968. The van der Waals surface area contributed by atoms with Gasteiger partial charge in [-0.15, -0.1) is 11.3 Å². The van der Waals surface area contributed by atoms with Gasteiger partial charge in [-0.25, -0.2) is 4.98 Å². The summed E-state index contributed by atoms with van der Waals surface area (Å²) in [6.45, 7) is 7.42. The van der Waals surface area contributed by atoms with E-state index in [4.69, 9.17) is 14.0 Å². The molecule has 0 amide bonds. The number of nitrogens with one attached hydrogen (secondary N) is 1. The van der Waals surface area contributed by atoms with E-state index in [2.05, 4.69) is 25.4 Å². The summed E-state index contributed by atoms with van der Waals surface area (Å²) in [4.78, 5) is 15.2. The zero-order valence-electron chi connectivity index (χ0n) is 16.7. The van der Waals surface area contributed by atoms with Crippen LogP contribution in [0.3, 0.4) is 0 Å². The quantitative estimate of drug-likeness (QED) is 0.510. The molecule has 0 aromatic carbocycles. The lowest BCUT2D eigenvalue weighted by atomic mass is 10.4. The van der Waals surface area contributed by atoms with Crippen molar-refractivity contribution < 1.29 is 14.0 Å². The van der Waals surface area contributed by atoms with Crippen LogP contribution in [0.5, 0.6) is 0 Å². The number of methoxy groups -OCH3 is 1. The molecule has 0 aliphatic heterocycles. The van der Waals surface area contributed by atoms with Crippen LogP contribution >= 0.6 is 11.3 Å². The third kappa shape index (κ3) is 5.98. The lowest BCUT2D eigenvalue weighted by Gasteiger charge is -2.20. The molecule has 10 heteroatoms. The number of thiazole rings is 1. The second-order valence-corrected chi connectivity index (χ2v) is 6.85. The zero-order chi connectivity index (χ0) is 19.8. The molecule has 0 saturated heterocycles.